The maximum Gasteiger partial charge on any atom is 0.280 e. The summed E-state index contributed by atoms with van der Waals surface area (Å²) in [5.74, 6) is 1.07. The molecule has 0 saturated carbocycles. The number of benzene rings is 2. The van der Waals surface area contributed by atoms with E-state index in [4.69, 9.17) is 9.26 Å². The first-order valence-electron chi connectivity index (χ1n) is 7.13. The van der Waals surface area contributed by atoms with Crippen molar-refractivity contribution in [1.82, 2.24) is 5.16 Å². The molecular weight excluding hydrogens is 292 g/mol. The van der Waals surface area contributed by atoms with Crippen LogP contribution in [0.2, 0.25) is 0 Å². The van der Waals surface area contributed by atoms with Gasteiger partial charge in [-0.2, -0.15) is 0 Å². The van der Waals surface area contributed by atoms with Crippen LogP contribution in [0.15, 0.2) is 65.2 Å². The second kappa shape index (κ2) is 6.36. The smallest absolute Gasteiger partial charge is 0.280 e. The summed E-state index contributed by atoms with van der Waals surface area (Å²) < 4.78 is 10.4. The van der Waals surface area contributed by atoms with Crippen molar-refractivity contribution in [2.45, 2.75) is 0 Å². The Labute approximate surface area is 134 Å². The Balaban J connectivity index is 1.82. The molecule has 1 aromatic heterocycles. The van der Waals surface area contributed by atoms with E-state index in [0.29, 0.717) is 5.76 Å². The van der Waals surface area contributed by atoms with Crippen molar-refractivity contribution in [2.75, 3.05) is 19.1 Å². The summed E-state index contributed by atoms with van der Waals surface area (Å²) in [5.41, 5.74) is 1.90. The number of anilines is 1. The first kappa shape index (κ1) is 14.8. The topological polar surface area (TPSA) is 55.6 Å². The van der Waals surface area contributed by atoms with E-state index in [1.54, 1.807) is 20.2 Å². The zero-order valence-electron chi connectivity index (χ0n) is 12.9. The molecule has 5 nitrogen and oxygen atoms in total. The van der Waals surface area contributed by atoms with E-state index >= 15 is 0 Å². The molecule has 0 unspecified atom stereocenters. The number of aromatic nitrogens is 1. The molecule has 1 amide bonds. The first-order valence-corrected chi connectivity index (χ1v) is 7.13. The molecule has 0 radical (unpaired) electrons. The molecule has 0 fully saturated rings. The zero-order chi connectivity index (χ0) is 16.2. The van der Waals surface area contributed by atoms with Crippen molar-refractivity contribution >= 4 is 11.6 Å². The van der Waals surface area contributed by atoms with Crippen molar-refractivity contribution in [3.05, 3.63) is 66.4 Å². The van der Waals surface area contributed by atoms with Crippen LogP contribution in [0.1, 0.15) is 10.5 Å². The monoisotopic (exact) mass is 308 g/mol. The highest BCUT2D eigenvalue weighted by atomic mass is 16.5. The lowest BCUT2D eigenvalue weighted by Gasteiger charge is -2.15. The fourth-order valence-electron chi connectivity index (χ4n) is 2.21. The highest BCUT2D eigenvalue weighted by Crippen LogP contribution is 2.24. The Morgan fingerprint density at radius 3 is 2.43 bits per heavy atom. The Hall–Kier alpha value is -3.08. The molecule has 2 aromatic carbocycles. The molecule has 1 heterocycles. The summed E-state index contributed by atoms with van der Waals surface area (Å²) in [4.78, 5) is 14.0. The number of methoxy groups -OCH3 is 1. The average molecular weight is 308 g/mol. The van der Waals surface area contributed by atoms with E-state index in [1.165, 1.54) is 4.90 Å². The van der Waals surface area contributed by atoms with Gasteiger partial charge in [0.05, 0.1) is 7.11 Å². The zero-order valence-corrected chi connectivity index (χ0v) is 12.9. The van der Waals surface area contributed by atoms with Crippen LogP contribution in [0.25, 0.3) is 11.3 Å². The molecule has 0 aliphatic rings. The Kier molecular flexibility index (Phi) is 4.10. The standard InChI is InChI=1S/C18H16N2O3/c1-20(14-6-4-3-5-7-14)18(21)16-12-17(23-19-16)13-8-10-15(22-2)11-9-13/h3-12H,1-2H3. The minimum absolute atomic E-state index is 0.222. The molecule has 0 aliphatic heterocycles. The molecule has 5 heteroatoms. The summed E-state index contributed by atoms with van der Waals surface area (Å²) in [5, 5.41) is 3.88. The van der Waals surface area contributed by atoms with E-state index in [-0.39, 0.29) is 11.6 Å². The third kappa shape index (κ3) is 3.08. The number of amides is 1. The summed E-state index contributed by atoms with van der Waals surface area (Å²) >= 11 is 0. The Bertz CT molecular complexity index is 795. The van der Waals surface area contributed by atoms with Crippen molar-refractivity contribution in [2.24, 2.45) is 0 Å². The van der Waals surface area contributed by atoms with Crippen molar-refractivity contribution < 1.29 is 14.1 Å². The van der Waals surface area contributed by atoms with Gasteiger partial charge in [0.25, 0.3) is 5.91 Å². The molecule has 0 saturated heterocycles. The van der Waals surface area contributed by atoms with Gasteiger partial charge < -0.3 is 14.2 Å². The van der Waals surface area contributed by atoms with Gasteiger partial charge in [-0.1, -0.05) is 23.4 Å². The molecule has 0 N–H and O–H groups in total. The molecule has 0 bridgehead atoms. The van der Waals surface area contributed by atoms with Crippen LogP contribution in [0.4, 0.5) is 5.69 Å². The van der Waals surface area contributed by atoms with Crippen molar-refractivity contribution in [3.8, 4) is 17.1 Å². The summed E-state index contributed by atoms with van der Waals surface area (Å²) in [6.45, 7) is 0. The molecule has 116 valence electrons. The van der Waals surface area contributed by atoms with Gasteiger partial charge in [0, 0.05) is 24.4 Å². The first-order chi connectivity index (χ1) is 11.2. The minimum Gasteiger partial charge on any atom is -0.497 e. The van der Waals surface area contributed by atoms with Crippen molar-refractivity contribution in [1.29, 1.82) is 0 Å². The number of para-hydroxylation sites is 1. The highest BCUT2D eigenvalue weighted by Gasteiger charge is 2.18. The lowest BCUT2D eigenvalue weighted by atomic mass is 10.1. The number of nitrogens with zero attached hydrogens (tertiary/aromatic N) is 2. The molecule has 0 atom stereocenters. The Morgan fingerprint density at radius 2 is 1.78 bits per heavy atom. The van der Waals surface area contributed by atoms with Gasteiger partial charge in [0.15, 0.2) is 11.5 Å². The highest BCUT2D eigenvalue weighted by molar-refractivity contribution is 6.04. The maximum absolute atomic E-state index is 12.5. The average Bonchev–Trinajstić information content (AvgIpc) is 3.11. The predicted molar refractivity (Wildman–Crippen MR) is 87.7 cm³/mol. The van der Waals surface area contributed by atoms with Gasteiger partial charge in [0.2, 0.25) is 0 Å². The lowest BCUT2D eigenvalue weighted by Crippen LogP contribution is -2.26. The number of carbonyl (C=O) groups is 1. The molecule has 0 aliphatic carbocycles. The molecule has 3 aromatic rings. The van der Waals surface area contributed by atoms with Crippen molar-refractivity contribution in [3.63, 3.8) is 0 Å². The van der Waals surface area contributed by atoms with E-state index in [0.717, 1.165) is 17.0 Å². The van der Waals surface area contributed by atoms with Crippen LogP contribution in [-0.4, -0.2) is 25.2 Å². The normalized spacial score (nSPS) is 10.3. The quantitative estimate of drug-likeness (QED) is 0.738. The van der Waals surface area contributed by atoms with Gasteiger partial charge in [-0.15, -0.1) is 0 Å². The fraction of sp³-hybridized carbons (Fsp3) is 0.111. The summed E-state index contributed by atoms with van der Waals surface area (Å²) in [6.07, 6.45) is 0. The van der Waals surface area contributed by atoms with E-state index in [9.17, 15) is 4.79 Å². The molecule has 0 spiro atoms. The predicted octanol–water partition coefficient (Wildman–Crippen LogP) is 3.63. The van der Waals surface area contributed by atoms with Gasteiger partial charge in [-0.25, -0.2) is 0 Å². The maximum atomic E-state index is 12.5. The van der Waals surface area contributed by atoms with Crippen LogP contribution in [0.3, 0.4) is 0 Å². The van der Waals surface area contributed by atoms with E-state index in [1.807, 2.05) is 54.6 Å². The molecular formula is C18H16N2O3. The number of hydrogen-bond donors (Lipinski definition) is 0. The molecule has 3 rings (SSSR count). The number of rotatable bonds is 4. The number of carbonyl (C=O) groups excluding carboxylic acids is 1. The van der Waals surface area contributed by atoms with Gasteiger partial charge in [0.1, 0.15) is 5.75 Å². The summed E-state index contributed by atoms with van der Waals surface area (Å²) in [6, 6.07) is 18.4. The van der Waals surface area contributed by atoms with Gasteiger partial charge in [-0.3, -0.25) is 4.79 Å². The van der Waals surface area contributed by atoms with E-state index in [2.05, 4.69) is 5.16 Å². The Morgan fingerprint density at radius 1 is 1.09 bits per heavy atom. The lowest BCUT2D eigenvalue weighted by molar-refractivity contribution is 0.0984. The van der Waals surface area contributed by atoms with Crippen LogP contribution < -0.4 is 9.64 Å². The van der Waals surface area contributed by atoms with Gasteiger partial charge >= 0.3 is 0 Å². The van der Waals surface area contributed by atoms with Crippen LogP contribution in [-0.2, 0) is 0 Å². The van der Waals surface area contributed by atoms with Crippen LogP contribution in [0, 0.1) is 0 Å². The van der Waals surface area contributed by atoms with Crippen LogP contribution >= 0.6 is 0 Å². The fourth-order valence-corrected chi connectivity index (χ4v) is 2.21. The number of hydrogen-bond acceptors (Lipinski definition) is 4. The third-order valence-corrected chi connectivity index (χ3v) is 3.55. The third-order valence-electron chi connectivity index (χ3n) is 3.55. The summed E-state index contributed by atoms with van der Waals surface area (Å²) in [7, 11) is 3.32. The largest absolute Gasteiger partial charge is 0.497 e. The molecule has 23 heavy (non-hydrogen) atoms. The van der Waals surface area contributed by atoms with E-state index < -0.39 is 0 Å². The second-order valence-electron chi connectivity index (χ2n) is 5.00. The SMILES string of the molecule is COc1ccc(-c2cc(C(=O)N(C)c3ccccc3)no2)cc1. The van der Waals surface area contributed by atoms with Gasteiger partial charge in [-0.05, 0) is 36.4 Å². The minimum atomic E-state index is -0.222. The second-order valence-corrected chi connectivity index (χ2v) is 5.00. The number of ether oxygens (including phenoxy) is 1. The van der Waals surface area contributed by atoms with Crippen LogP contribution in [0.5, 0.6) is 5.75 Å².